The second-order valence-corrected chi connectivity index (χ2v) is 7.09. The van der Waals surface area contributed by atoms with Crippen molar-refractivity contribution < 1.29 is 18.3 Å². The van der Waals surface area contributed by atoms with Crippen LogP contribution in [0.1, 0.15) is 0 Å². The molecule has 0 saturated carbocycles. The average Bonchev–Trinajstić information content (AvgIpc) is 2.54. The largest absolute Gasteiger partial charge is 0.480 e. The Bertz CT molecular complexity index is 814. The van der Waals surface area contributed by atoms with E-state index in [2.05, 4.69) is 5.32 Å². The van der Waals surface area contributed by atoms with Gasteiger partial charge in [0.15, 0.2) is 0 Å². The van der Waals surface area contributed by atoms with Crippen LogP contribution < -0.4 is 5.32 Å². The minimum atomic E-state index is -3.73. The van der Waals surface area contributed by atoms with Crippen LogP contribution in [0.2, 0.25) is 0 Å². The van der Waals surface area contributed by atoms with Crippen LogP contribution in [0.4, 0.5) is 0 Å². The van der Waals surface area contributed by atoms with Crippen molar-refractivity contribution in [2.75, 3.05) is 19.6 Å². The van der Waals surface area contributed by atoms with Gasteiger partial charge in [0, 0.05) is 25.0 Å². The average molecular weight is 320 g/mol. The smallest absolute Gasteiger partial charge is 0.322 e. The van der Waals surface area contributed by atoms with Crippen molar-refractivity contribution in [3.63, 3.8) is 0 Å². The van der Waals surface area contributed by atoms with E-state index < -0.39 is 22.0 Å². The molecule has 0 aromatic heterocycles. The van der Waals surface area contributed by atoms with Crippen molar-refractivity contribution in [3.05, 3.63) is 42.5 Å². The Labute approximate surface area is 128 Å². The predicted octanol–water partition coefficient (Wildman–Crippen LogP) is 0.887. The summed E-state index contributed by atoms with van der Waals surface area (Å²) in [6, 6.07) is 11.5. The van der Waals surface area contributed by atoms with E-state index >= 15 is 0 Å². The highest BCUT2D eigenvalue weighted by Gasteiger charge is 2.33. The molecule has 0 amide bonds. The third-order valence-electron chi connectivity index (χ3n) is 3.80. The summed E-state index contributed by atoms with van der Waals surface area (Å²) in [6.07, 6.45) is 0. The fraction of sp³-hybridized carbons (Fsp3) is 0.267. The molecule has 22 heavy (non-hydrogen) atoms. The molecule has 1 heterocycles. The van der Waals surface area contributed by atoms with E-state index in [0.29, 0.717) is 11.9 Å². The van der Waals surface area contributed by atoms with Gasteiger partial charge in [0.1, 0.15) is 6.04 Å². The zero-order chi connectivity index (χ0) is 15.7. The van der Waals surface area contributed by atoms with Crippen LogP contribution in [0, 0.1) is 0 Å². The first kappa shape index (κ1) is 15.0. The van der Waals surface area contributed by atoms with Gasteiger partial charge in [0.05, 0.1) is 4.90 Å². The maximum atomic E-state index is 12.9. The number of hydrogen-bond acceptors (Lipinski definition) is 4. The van der Waals surface area contributed by atoms with Crippen molar-refractivity contribution in [1.29, 1.82) is 0 Å². The number of rotatable bonds is 3. The summed E-state index contributed by atoms with van der Waals surface area (Å²) in [7, 11) is -3.73. The lowest BCUT2D eigenvalue weighted by Crippen LogP contribution is -2.55. The van der Waals surface area contributed by atoms with Crippen LogP contribution in [0.15, 0.2) is 47.4 Å². The standard InChI is InChI=1S/C15H16N2O4S/c18-15(19)13-10-17(9-8-16-13)22(20,21)14-7-3-5-11-4-1-2-6-12(11)14/h1-7,13,16H,8-10H2,(H,18,19)/t13-/m0/s1. The van der Waals surface area contributed by atoms with E-state index in [9.17, 15) is 13.2 Å². The summed E-state index contributed by atoms with van der Waals surface area (Å²) < 4.78 is 27.0. The number of aliphatic carboxylic acids is 1. The summed E-state index contributed by atoms with van der Waals surface area (Å²) in [5.41, 5.74) is 0. The lowest BCUT2D eigenvalue weighted by Gasteiger charge is -2.31. The molecule has 1 saturated heterocycles. The molecule has 7 heteroatoms. The van der Waals surface area contributed by atoms with Gasteiger partial charge in [0.25, 0.3) is 0 Å². The Morgan fingerprint density at radius 1 is 1.18 bits per heavy atom. The van der Waals surface area contributed by atoms with Gasteiger partial charge in [-0.25, -0.2) is 8.42 Å². The highest BCUT2D eigenvalue weighted by molar-refractivity contribution is 7.89. The molecular formula is C15H16N2O4S. The molecule has 0 bridgehead atoms. The number of carbonyl (C=O) groups is 1. The van der Waals surface area contributed by atoms with Crippen molar-refractivity contribution in [3.8, 4) is 0 Å². The number of benzene rings is 2. The fourth-order valence-electron chi connectivity index (χ4n) is 2.67. The van der Waals surface area contributed by atoms with Crippen molar-refractivity contribution >= 4 is 26.8 Å². The Kier molecular flexibility index (Phi) is 3.86. The Balaban J connectivity index is 2.03. The molecule has 2 aromatic carbocycles. The maximum Gasteiger partial charge on any atom is 0.322 e. The molecule has 1 fully saturated rings. The van der Waals surface area contributed by atoms with Crippen LogP contribution in [-0.4, -0.2) is 49.5 Å². The molecule has 2 N–H and O–H groups in total. The Hall–Kier alpha value is -1.96. The summed E-state index contributed by atoms with van der Waals surface area (Å²) >= 11 is 0. The highest BCUT2D eigenvalue weighted by atomic mass is 32.2. The van der Waals surface area contributed by atoms with Crippen LogP contribution >= 0.6 is 0 Å². The molecule has 0 radical (unpaired) electrons. The van der Waals surface area contributed by atoms with E-state index in [1.165, 1.54) is 4.31 Å². The molecule has 3 rings (SSSR count). The quantitative estimate of drug-likeness (QED) is 0.877. The van der Waals surface area contributed by atoms with Crippen molar-refractivity contribution in [1.82, 2.24) is 9.62 Å². The van der Waals surface area contributed by atoms with Gasteiger partial charge >= 0.3 is 5.97 Å². The molecule has 0 unspecified atom stereocenters. The van der Waals surface area contributed by atoms with Crippen molar-refractivity contribution in [2.24, 2.45) is 0 Å². The molecule has 0 aliphatic carbocycles. The molecule has 6 nitrogen and oxygen atoms in total. The molecule has 1 aliphatic rings. The van der Waals surface area contributed by atoms with E-state index in [0.717, 1.165) is 5.39 Å². The molecular weight excluding hydrogens is 304 g/mol. The summed E-state index contributed by atoms with van der Waals surface area (Å²) in [5.74, 6) is -1.04. The fourth-order valence-corrected chi connectivity index (χ4v) is 4.34. The lowest BCUT2D eigenvalue weighted by atomic mass is 10.1. The molecule has 116 valence electrons. The molecule has 1 atom stereocenters. The van der Waals surface area contributed by atoms with Gasteiger partial charge in [-0.1, -0.05) is 36.4 Å². The Morgan fingerprint density at radius 3 is 2.68 bits per heavy atom. The number of carboxylic acids is 1. The van der Waals surface area contributed by atoms with Crippen LogP contribution in [0.3, 0.4) is 0 Å². The van der Waals surface area contributed by atoms with Gasteiger partial charge < -0.3 is 10.4 Å². The first-order valence-electron chi connectivity index (χ1n) is 6.94. The van der Waals surface area contributed by atoms with E-state index in [4.69, 9.17) is 5.11 Å². The van der Waals surface area contributed by atoms with Gasteiger partial charge in [-0.05, 0) is 11.5 Å². The van der Waals surface area contributed by atoms with Crippen LogP contribution in [0.5, 0.6) is 0 Å². The minimum Gasteiger partial charge on any atom is -0.480 e. The molecule has 1 aliphatic heterocycles. The van der Waals surface area contributed by atoms with Crippen LogP contribution in [-0.2, 0) is 14.8 Å². The third kappa shape index (κ3) is 2.58. The van der Waals surface area contributed by atoms with E-state index in [-0.39, 0.29) is 18.0 Å². The molecule has 0 spiro atoms. The first-order valence-corrected chi connectivity index (χ1v) is 8.38. The Morgan fingerprint density at radius 2 is 1.91 bits per heavy atom. The SMILES string of the molecule is O=C(O)[C@@H]1CN(S(=O)(=O)c2cccc3ccccc23)CCN1. The highest BCUT2D eigenvalue weighted by Crippen LogP contribution is 2.26. The van der Waals surface area contributed by atoms with Crippen LogP contribution in [0.25, 0.3) is 10.8 Å². The van der Waals surface area contributed by atoms with Gasteiger partial charge in [-0.3, -0.25) is 4.79 Å². The number of nitrogens with zero attached hydrogens (tertiary/aromatic N) is 1. The van der Waals surface area contributed by atoms with E-state index in [1.54, 1.807) is 24.3 Å². The summed E-state index contributed by atoms with van der Waals surface area (Å²) in [6.45, 7) is 0.511. The van der Waals surface area contributed by atoms with Crippen molar-refractivity contribution in [2.45, 2.75) is 10.9 Å². The second-order valence-electron chi connectivity index (χ2n) is 5.19. The number of piperazine rings is 1. The van der Waals surface area contributed by atoms with Gasteiger partial charge in [-0.15, -0.1) is 0 Å². The predicted molar refractivity (Wildman–Crippen MR) is 82.1 cm³/mol. The monoisotopic (exact) mass is 320 g/mol. The minimum absolute atomic E-state index is 0.0686. The van der Waals surface area contributed by atoms with E-state index in [1.807, 2.05) is 18.2 Å². The third-order valence-corrected chi connectivity index (χ3v) is 5.73. The maximum absolute atomic E-state index is 12.9. The second kappa shape index (κ2) is 5.68. The summed E-state index contributed by atoms with van der Waals surface area (Å²) in [4.78, 5) is 11.3. The number of carboxylic acid groups (broad SMARTS) is 1. The first-order chi connectivity index (χ1) is 10.5. The normalized spacial score (nSPS) is 20.1. The zero-order valence-electron chi connectivity index (χ0n) is 11.8. The number of sulfonamides is 1. The number of nitrogens with one attached hydrogen (secondary N) is 1. The zero-order valence-corrected chi connectivity index (χ0v) is 12.6. The van der Waals surface area contributed by atoms with Gasteiger partial charge in [-0.2, -0.15) is 4.31 Å². The number of fused-ring (bicyclic) bond motifs is 1. The molecule has 2 aromatic rings. The number of hydrogen-bond donors (Lipinski definition) is 2. The van der Waals surface area contributed by atoms with Gasteiger partial charge in [0.2, 0.25) is 10.0 Å². The lowest BCUT2D eigenvalue weighted by molar-refractivity contribution is -0.140. The topological polar surface area (TPSA) is 86.7 Å². The summed E-state index contributed by atoms with van der Waals surface area (Å²) in [5, 5.41) is 13.4.